The lowest BCUT2D eigenvalue weighted by Gasteiger charge is -2.32. The van der Waals surface area contributed by atoms with Crippen LogP contribution in [-0.2, 0) is 16.6 Å². The molecule has 0 bridgehead atoms. The summed E-state index contributed by atoms with van der Waals surface area (Å²) < 4.78 is 27.2. The molecule has 27 heavy (non-hydrogen) atoms. The number of likely N-dealkylation sites (N-methyl/N-ethyl adjacent to an activating group) is 1. The molecule has 144 valence electrons. The second kappa shape index (κ2) is 8.21. The molecular weight excluding hydrogens is 362 g/mol. The summed E-state index contributed by atoms with van der Waals surface area (Å²) in [6.45, 7) is 3.23. The third-order valence-corrected chi connectivity index (χ3v) is 6.63. The molecule has 1 saturated heterocycles. The quantitative estimate of drug-likeness (QED) is 0.786. The van der Waals surface area contributed by atoms with Crippen molar-refractivity contribution in [1.29, 1.82) is 0 Å². The number of hydrogen-bond donors (Lipinski definition) is 0. The molecule has 0 aliphatic carbocycles. The predicted octanol–water partition coefficient (Wildman–Crippen LogP) is 1.89. The van der Waals surface area contributed by atoms with Crippen molar-refractivity contribution in [3.05, 3.63) is 65.7 Å². The van der Waals surface area contributed by atoms with E-state index in [1.807, 2.05) is 37.4 Å². The Hall–Kier alpha value is -2.22. The van der Waals surface area contributed by atoms with Crippen LogP contribution in [0.5, 0.6) is 0 Å². The van der Waals surface area contributed by atoms with Gasteiger partial charge in [0, 0.05) is 45.3 Å². The number of amides is 1. The van der Waals surface area contributed by atoms with Crippen LogP contribution in [0.4, 0.5) is 0 Å². The van der Waals surface area contributed by atoms with Gasteiger partial charge in [0.2, 0.25) is 10.0 Å². The van der Waals surface area contributed by atoms with Crippen molar-refractivity contribution in [2.75, 3.05) is 40.3 Å². The highest BCUT2D eigenvalue weighted by atomic mass is 32.2. The van der Waals surface area contributed by atoms with E-state index in [2.05, 4.69) is 4.90 Å². The van der Waals surface area contributed by atoms with Crippen LogP contribution in [0.15, 0.2) is 59.5 Å². The van der Waals surface area contributed by atoms with Crippen molar-refractivity contribution < 1.29 is 13.2 Å². The van der Waals surface area contributed by atoms with Gasteiger partial charge in [0.05, 0.1) is 4.90 Å². The van der Waals surface area contributed by atoms with E-state index in [9.17, 15) is 13.2 Å². The Morgan fingerprint density at radius 2 is 1.67 bits per heavy atom. The molecule has 2 aromatic carbocycles. The smallest absolute Gasteiger partial charge is 0.253 e. The van der Waals surface area contributed by atoms with Crippen molar-refractivity contribution >= 4 is 15.9 Å². The second-order valence-corrected chi connectivity index (χ2v) is 8.91. The van der Waals surface area contributed by atoms with Gasteiger partial charge in [-0.3, -0.25) is 4.79 Å². The van der Waals surface area contributed by atoms with Gasteiger partial charge in [-0.2, -0.15) is 4.31 Å². The van der Waals surface area contributed by atoms with E-state index < -0.39 is 10.0 Å². The molecule has 7 heteroatoms. The zero-order valence-corrected chi connectivity index (χ0v) is 16.5. The maximum Gasteiger partial charge on any atom is 0.253 e. The lowest BCUT2D eigenvalue weighted by molar-refractivity contribution is 0.0664. The molecular formula is C20H25N3O3S. The Bertz CT molecular complexity index is 892. The van der Waals surface area contributed by atoms with Crippen molar-refractivity contribution in [3.63, 3.8) is 0 Å². The van der Waals surface area contributed by atoms with E-state index in [4.69, 9.17) is 0 Å². The van der Waals surface area contributed by atoms with Crippen molar-refractivity contribution in [1.82, 2.24) is 14.1 Å². The van der Waals surface area contributed by atoms with E-state index in [0.29, 0.717) is 18.7 Å². The molecule has 0 atom stereocenters. The Morgan fingerprint density at radius 3 is 2.33 bits per heavy atom. The first-order chi connectivity index (χ1) is 12.9. The zero-order chi connectivity index (χ0) is 19.4. The summed E-state index contributed by atoms with van der Waals surface area (Å²) >= 11 is 0. The summed E-state index contributed by atoms with van der Waals surface area (Å²) in [5.74, 6) is -0.120. The van der Waals surface area contributed by atoms with Gasteiger partial charge in [0.15, 0.2) is 0 Å². The largest absolute Gasteiger partial charge is 0.336 e. The summed E-state index contributed by atoms with van der Waals surface area (Å²) in [5, 5.41) is 0. The summed E-state index contributed by atoms with van der Waals surface area (Å²) in [5.41, 5.74) is 1.32. The van der Waals surface area contributed by atoms with Crippen molar-refractivity contribution in [2.24, 2.45) is 0 Å². The molecule has 6 nitrogen and oxygen atoms in total. The first kappa shape index (κ1) is 19.5. The third kappa shape index (κ3) is 4.55. The van der Waals surface area contributed by atoms with Crippen LogP contribution < -0.4 is 0 Å². The number of hydrogen-bond acceptors (Lipinski definition) is 4. The number of rotatable bonds is 5. The topological polar surface area (TPSA) is 60.9 Å². The number of nitrogens with zero attached hydrogens (tertiary/aromatic N) is 3. The van der Waals surface area contributed by atoms with Gasteiger partial charge >= 0.3 is 0 Å². The van der Waals surface area contributed by atoms with Crippen LogP contribution in [0.25, 0.3) is 0 Å². The van der Waals surface area contributed by atoms with Crippen LogP contribution in [-0.4, -0.2) is 68.7 Å². The summed E-state index contributed by atoms with van der Waals surface area (Å²) in [6.07, 6.45) is 0. The minimum atomic E-state index is -3.68. The van der Waals surface area contributed by atoms with Gasteiger partial charge in [-0.15, -0.1) is 0 Å². The van der Waals surface area contributed by atoms with E-state index in [-0.39, 0.29) is 17.3 Å². The predicted molar refractivity (Wildman–Crippen MR) is 105 cm³/mol. The number of carbonyl (C=O) groups is 1. The van der Waals surface area contributed by atoms with Gasteiger partial charge in [-0.1, -0.05) is 36.4 Å². The molecule has 0 radical (unpaired) electrons. The number of sulfonamides is 1. The average Bonchev–Trinajstić information content (AvgIpc) is 2.69. The van der Waals surface area contributed by atoms with Crippen molar-refractivity contribution in [3.8, 4) is 0 Å². The average molecular weight is 388 g/mol. The molecule has 0 spiro atoms. The summed E-state index contributed by atoms with van der Waals surface area (Å²) in [6, 6.07) is 15.8. The Morgan fingerprint density at radius 1 is 1.00 bits per heavy atom. The minimum absolute atomic E-state index is 0.120. The SMILES string of the molecule is CN1CCN(C(=O)c2cccc(S(=O)(=O)N(C)Cc3ccccc3)c2)CC1. The molecule has 0 unspecified atom stereocenters. The summed E-state index contributed by atoms with van der Waals surface area (Å²) in [7, 11) is -0.100. The van der Waals surface area contributed by atoms with Gasteiger partial charge in [-0.25, -0.2) is 8.42 Å². The minimum Gasteiger partial charge on any atom is -0.336 e. The van der Waals surface area contributed by atoms with Crippen LogP contribution >= 0.6 is 0 Å². The molecule has 0 aromatic heterocycles. The standard InChI is InChI=1S/C20H25N3O3S/c1-21-11-13-23(14-12-21)20(24)18-9-6-10-19(15-18)27(25,26)22(2)16-17-7-4-3-5-8-17/h3-10,15H,11-14,16H2,1-2H3. The Labute approximate surface area is 161 Å². The first-order valence-electron chi connectivity index (χ1n) is 8.96. The molecule has 1 heterocycles. The number of carbonyl (C=O) groups excluding carboxylic acids is 1. The highest BCUT2D eigenvalue weighted by Crippen LogP contribution is 2.19. The van der Waals surface area contributed by atoms with Crippen LogP contribution in [0, 0.1) is 0 Å². The van der Waals surface area contributed by atoms with Gasteiger partial charge in [0.1, 0.15) is 0 Å². The van der Waals surface area contributed by atoms with E-state index in [1.165, 1.54) is 16.4 Å². The molecule has 0 N–H and O–H groups in total. The van der Waals surface area contributed by atoms with E-state index in [0.717, 1.165) is 18.7 Å². The number of benzene rings is 2. The lowest BCUT2D eigenvalue weighted by Crippen LogP contribution is -2.47. The number of piperazine rings is 1. The Balaban J connectivity index is 1.78. The normalized spacial score (nSPS) is 15.9. The molecule has 2 aromatic rings. The molecule has 1 amide bonds. The maximum absolute atomic E-state index is 12.9. The third-order valence-electron chi connectivity index (χ3n) is 4.83. The molecule has 3 rings (SSSR count). The highest BCUT2D eigenvalue weighted by Gasteiger charge is 2.24. The Kier molecular flexibility index (Phi) is 5.94. The lowest BCUT2D eigenvalue weighted by atomic mass is 10.2. The first-order valence-corrected chi connectivity index (χ1v) is 10.4. The zero-order valence-electron chi connectivity index (χ0n) is 15.7. The molecule has 1 aliphatic heterocycles. The molecule has 1 fully saturated rings. The summed E-state index contributed by atoms with van der Waals surface area (Å²) in [4.78, 5) is 16.8. The van der Waals surface area contributed by atoms with Gasteiger partial charge in [-0.05, 0) is 30.8 Å². The second-order valence-electron chi connectivity index (χ2n) is 6.87. The van der Waals surface area contributed by atoms with E-state index >= 15 is 0 Å². The molecule has 0 saturated carbocycles. The molecule has 1 aliphatic rings. The fraction of sp³-hybridized carbons (Fsp3) is 0.350. The van der Waals surface area contributed by atoms with Crippen molar-refractivity contribution in [2.45, 2.75) is 11.4 Å². The van der Waals surface area contributed by atoms with Gasteiger partial charge in [0.25, 0.3) is 5.91 Å². The van der Waals surface area contributed by atoms with E-state index in [1.54, 1.807) is 24.1 Å². The fourth-order valence-electron chi connectivity index (χ4n) is 3.09. The maximum atomic E-state index is 12.9. The monoisotopic (exact) mass is 387 g/mol. The van der Waals surface area contributed by atoms with Crippen LogP contribution in [0.3, 0.4) is 0 Å². The van der Waals surface area contributed by atoms with Crippen LogP contribution in [0.2, 0.25) is 0 Å². The van der Waals surface area contributed by atoms with Gasteiger partial charge < -0.3 is 9.80 Å². The highest BCUT2D eigenvalue weighted by molar-refractivity contribution is 7.89. The fourth-order valence-corrected chi connectivity index (χ4v) is 4.29. The van der Waals surface area contributed by atoms with Crippen LogP contribution in [0.1, 0.15) is 15.9 Å².